The first-order valence-corrected chi connectivity index (χ1v) is 9.58. The van der Waals surface area contributed by atoms with E-state index in [9.17, 15) is 0 Å². The van der Waals surface area contributed by atoms with E-state index in [1.54, 1.807) is 24.8 Å². The summed E-state index contributed by atoms with van der Waals surface area (Å²) in [4.78, 5) is 28.0. The average Bonchev–Trinajstić information content (AvgIpc) is 3.22. The molecule has 1 aliphatic carbocycles. The van der Waals surface area contributed by atoms with E-state index in [0.29, 0.717) is 30.2 Å². The number of aryl methyl sites for hydroxylation is 1. The number of hydrogen-bond donors (Lipinski definition) is 0. The Bertz CT molecular complexity index is 921. The monoisotopic (exact) mass is 375 g/mol. The van der Waals surface area contributed by atoms with Gasteiger partial charge >= 0.3 is 0 Å². The van der Waals surface area contributed by atoms with Crippen LogP contribution in [-0.4, -0.2) is 49.6 Å². The van der Waals surface area contributed by atoms with E-state index in [1.807, 2.05) is 12.4 Å². The highest BCUT2D eigenvalue weighted by Gasteiger charge is 2.56. The highest BCUT2D eigenvalue weighted by molar-refractivity contribution is 5.55. The summed E-state index contributed by atoms with van der Waals surface area (Å²) in [5.74, 6) is 3.29. The molecule has 142 valence electrons. The first-order valence-electron chi connectivity index (χ1n) is 9.58. The van der Waals surface area contributed by atoms with Crippen LogP contribution >= 0.6 is 0 Å². The Labute approximate surface area is 163 Å². The van der Waals surface area contributed by atoms with Crippen molar-refractivity contribution in [2.45, 2.75) is 13.3 Å². The van der Waals surface area contributed by atoms with Crippen LogP contribution in [-0.2, 0) is 6.42 Å². The molecule has 8 nitrogen and oxygen atoms in total. The van der Waals surface area contributed by atoms with E-state index >= 15 is 0 Å². The van der Waals surface area contributed by atoms with Crippen LogP contribution in [0.25, 0.3) is 11.3 Å². The standard InChI is InChI=1S/C20H21N7O/c1-2-13-3-25-20(26-4-13)27-9-15-16(10-27)17(15)11-28-19-8-23-18(7-24-19)14-5-21-12-22-6-14/h3-8,12,15-17H,2,9-11H2,1H3. The van der Waals surface area contributed by atoms with Crippen molar-refractivity contribution in [2.75, 3.05) is 24.6 Å². The van der Waals surface area contributed by atoms with Crippen LogP contribution < -0.4 is 9.64 Å². The van der Waals surface area contributed by atoms with Crippen molar-refractivity contribution < 1.29 is 4.74 Å². The molecular formula is C20H21N7O. The summed E-state index contributed by atoms with van der Waals surface area (Å²) in [7, 11) is 0. The van der Waals surface area contributed by atoms with Crippen LogP contribution in [0.2, 0.25) is 0 Å². The van der Waals surface area contributed by atoms with Crippen LogP contribution in [0.4, 0.5) is 5.95 Å². The third kappa shape index (κ3) is 3.26. The Balaban J connectivity index is 1.13. The van der Waals surface area contributed by atoms with Crippen molar-refractivity contribution >= 4 is 5.95 Å². The Hall–Kier alpha value is -3.16. The number of aromatic nitrogens is 6. The molecule has 0 radical (unpaired) electrons. The lowest BCUT2D eigenvalue weighted by atomic mass is 10.2. The number of anilines is 1. The quantitative estimate of drug-likeness (QED) is 0.647. The normalized spacial score (nSPS) is 22.8. The number of piperidine rings is 1. The molecule has 0 bridgehead atoms. The smallest absolute Gasteiger partial charge is 0.232 e. The Morgan fingerprint density at radius 1 is 0.929 bits per heavy atom. The van der Waals surface area contributed by atoms with Gasteiger partial charge in [-0.1, -0.05) is 6.92 Å². The lowest BCUT2D eigenvalue weighted by Crippen LogP contribution is -2.27. The molecule has 2 unspecified atom stereocenters. The fourth-order valence-corrected chi connectivity index (χ4v) is 3.91. The third-order valence-corrected chi connectivity index (χ3v) is 5.66. The van der Waals surface area contributed by atoms with Gasteiger partial charge < -0.3 is 9.64 Å². The number of nitrogens with zero attached hydrogens (tertiary/aromatic N) is 7. The van der Waals surface area contributed by atoms with Gasteiger partial charge in [-0.3, -0.25) is 0 Å². The number of rotatable bonds is 6. The van der Waals surface area contributed by atoms with Gasteiger partial charge in [-0.2, -0.15) is 0 Å². The van der Waals surface area contributed by atoms with Crippen LogP contribution in [0.5, 0.6) is 5.88 Å². The predicted molar refractivity (Wildman–Crippen MR) is 103 cm³/mol. The third-order valence-electron chi connectivity index (χ3n) is 5.66. The summed E-state index contributed by atoms with van der Waals surface area (Å²) in [5, 5.41) is 0. The summed E-state index contributed by atoms with van der Waals surface area (Å²) < 4.78 is 5.87. The van der Waals surface area contributed by atoms with Gasteiger partial charge in [0.05, 0.1) is 24.7 Å². The fraction of sp³-hybridized carbons (Fsp3) is 0.400. The van der Waals surface area contributed by atoms with E-state index < -0.39 is 0 Å². The summed E-state index contributed by atoms with van der Waals surface area (Å²) >= 11 is 0. The van der Waals surface area contributed by atoms with Crippen LogP contribution in [0.3, 0.4) is 0 Å². The maximum absolute atomic E-state index is 5.87. The minimum Gasteiger partial charge on any atom is -0.476 e. The molecule has 3 aromatic rings. The zero-order chi connectivity index (χ0) is 18.9. The van der Waals surface area contributed by atoms with E-state index in [1.165, 1.54) is 11.9 Å². The highest BCUT2D eigenvalue weighted by atomic mass is 16.5. The molecule has 28 heavy (non-hydrogen) atoms. The Morgan fingerprint density at radius 2 is 1.68 bits per heavy atom. The molecule has 3 aromatic heterocycles. The molecule has 2 atom stereocenters. The molecule has 0 amide bonds. The summed E-state index contributed by atoms with van der Waals surface area (Å²) in [5.41, 5.74) is 2.75. The molecule has 1 saturated heterocycles. The first-order chi connectivity index (χ1) is 13.8. The van der Waals surface area contributed by atoms with E-state index in [4.69, 9.17) is 4.74 Å². The Kier molecular flexibility index (Phi) is 4.31. The summed E-state index contributed by atoms with van der Waals surface area (Å²) in [6.45, 7) is 4.80. The zero-order valence-electron chi connectivity index (χ0n) is 15.6. The molecule has 4 heterocycles. The van der Waals surface area contributed by atoms with Crippen molar-refractivity contribution in [3.63, 3.8) is 0 Å². The van der Waals surface area contributed by atoms with E-state index in [-0.39, 0.29) is 0 Å². The second kappa shape index (κ2) is 7.10. The van der Waals surface area contributed by atoms with Crippen molar-refractivity contribution in [1.29, 1.82) is 0 Å². The topological polar surface area (TPSA) is 89.8 Å². The van der Waals surface area contributed by atoms with Gasteiger partial charge in [0.15, 0.2) is 0 Å². The lowest BCUT2D eigenvalue weighted by Gasteiger charge is -2.19. The van der Waals surface area contributed by atoms with E-state index in [0.717, 1.165) is 36.7 Å². The first kappa shape index (κ1) is 17.0. The lowest BCUT2D eigenvalue weighted by molar-refractivity contribution is 0.271. The fourth-order valence-electron chi connectivity index (χ4n) is 3.91. The average molecular weight is 375 g/mol. The van der Waals surface area contributed by atoms with Gasteiger partial charge in [0.25, 0.3) is 0 Å². The Morgan fingerprint density at radius 3 is 2.32 bits per heavy atom. The van der Waals surface area contributed by atoms with Crippen molar-refractivity contribution in [2.24, 2.45) is 17.8 Å². The number of fused-ring (bicyclic) bond motifs is 1. The predicted octanol–water partition coefficient (Wildman–Crippen LogP) is 2.05. The number of hydrogen-bond acceptors (Lipinski definition) is 8. The summed E-state index contributed by atoms with van der Waals surface area (Å²) in [6, 6.07) is 0. The molecule has 1 aliphatic heterocycles. The van der Waals surface area contributed by atoms with E-state index in [2.05, 4.69) is 41.7 Å². The minimum absolute atomic E-state index is 0.556. The molecule has 0 N–H and O–H groups in total. The second-order valence-corrected chi connectivity index (χ2v) is 7.32. The molecule has 8 heteroatoms. The van der Waals surface area contributed by atoms with Crippen molar-refractivity contribution in [1.82, 2.24) is 29.9 Å². The van der Waals surface area contributed by atoms with Gasteiger partial charge in [-0.05, 0) is 23.8 Å². The maximum Gasteiger partial charge on any atom is 0.232 e. The largest absolute Gasteiger partial charge is 0.476 e. The van der Waals surface area contributed by atoms with Crippen LogP contribution in [0, 0.1) is 17.8 Å². The van der Waals surface area contributed by atoms with Gasteiger partial charge in [-0.15, -0.1) is 0 Å². The molecule has 0 aromatic carbocycles. The maximum atomic E-state index is 5.87. The van der Waals surface area contributed by atoms with Crippen molar-refractivity contribution in [3.05, 3.63) is 49.1 Å². The zero-order valence-corrected chi connectivity index (χ0v) is 15.6. The van der Waals surface area contributed by atoms with Gasteiger partial charge in [0.2, 0.25) is 11.8 Å². The SMILES string of the molecule is CCc1cnc(N2CC3C(COc4cnc(-c5cncnc5)cn4)C3C2)nc1. The second-order valence-electron chi connectivity index (χ2n) is 7.32. The highest BCUT2D eigenvalue weighted by Crippen LogP contribution is 2.52. The molecule has 0 spiro atoms. The van der Waals surface area contributed by atoms with Crippen LogP contribution in [0.1, 0.15) is 12.5 Å². The molecular weight excluding hydrogens is 354 g/mol. The molecule has 5 rings (SSSR count). The van der Waals surface area contributed by atoms with Crippen LogP contribution in [0.15, 0.2) is 43.5 Å². The van der Waals surface area contributed by atoms with Gasteiger partial charge in [-0.25, -0.2) is 29.9 Å². The summed E-state index contributed by atoms with van der Waals surface area (Å²) in [6.07, 6.45) is 13.1. The van der Waals surface area contributed by atoms with Gasteiger partial charge in [0.1, 0.15) is 6.33 Å². The molecule has 2 aliphatic rings. The van der Waals surface area contributed by atoms with Crippen molar-refractivity contribution in [3.8, 4) is 17.1 Å². The number of ether oxygens (including phenoxy) is 1. The molecule has 2 fully saturated rings. The van der Waals surface area contributed by atoms with Gasteiger partial charge in [0, 0.05) is 49.4 Å². The molecule has 1 saturated carbocycles. The minimum atomic E-state index is 0.556.